The van der Waals surface area contributed by atoms with E-state index in [-0.39, 0.29) is 18.8 Å². The summed E-state index contributed by atoms with van der Waals surface area (Å²) in [6.45, 7) is 7.02. The van der Waals surface area contributed by atoms with Gasteiger partial charge in [-0.3, -0.25) is 0 Å². The van der Waals surface area contributed by atoms with E-state index in [1.807, 2.05) is 13.8 Å². The van der Waals surface area contributed by atoms with Gasteiger partial charge in [-0.15, -0.1) is 0 Å². The molecule has 92 valence electrons. The first-order valence-electron chi connectivity index (χ1n) is 5.74. The lowest BCUT2D eigenvalue weighted by molar-refractivity contribution is 0.00515. The van der Waals surface area contributed by atoms with E-state index in [9.17, 15) is 5.11 Å². The van der Waals surface area contributed by atoms with Gasteiger partial charge in [-0.2, -0.15) is 0 Å². The highest BCUT2D eigenvalue weighted by Gasteiger charge is 2.09. The van der Waals surface area contributed by atoms with Gasteiger partial charge in [0.05, 0.1) is 18.8 Å². The number of hydrogen-bond acceptors (Lipinski definition) is 4. The monoisotopic (exact) mass is 219 g/mol. The van der Waals surface area contributed by atoms with Crippen LogP contribution in [0, 0.1) is 0 Å². The fourth-order valence-electron chi connectivity index (χ4n) is 1.27. The number of aliphatic hydroxyl groups excluding tert-OH is 2. The smallest absolute Gasteiger partial charge is 0.0897 e. The van der Waals surface area contributed by atoms with Gasteiger partial charge in [-0.1, -0.05) is 6.92 Å². The van der Waals surface area contributed by atoms with Crippen LogP contribution < -0.4 is 5.32 Å². The molecule has 4 nitrogen and oxygen atoms in total. The van der Waals surface area contributed by atoms with Gasteiger partial charge in [0.1, 0.15) is 0 Å². The molecule has 0 aromatic heterocycles. The van der Waals surface area contributed by atoms with Gasteiger partial charge in [0.25, 0.3) is 0 Å². The molecule has 0 rings (SSSR count). The molecule has 2 unspecified atom stereocenters. The van der Waals surface area contributed by atoms with E-state index in [4.69, 9.17) is 9.84 Å². The van der Waals surface area contributed by atoms with E-state index < -0.39 is 6.10 Å². The summed E-state index contributed by atoms with van der Waals surface area (Å²) in [7, 11) is 0. The van der Waals surface area contributed by atoms with E-state index in [1.165, 1.54) is 0 Å². The van der Waals surface area contributed by atoms with Crippen LogP contribution in [0.3, 0.4) is 0 Å². The molecular weight excluding hydrogens is 194 g/mol. The van der Waals surface area contributed by atoms with E-state index in [0.717, 1.165) is 12.8 Å². The summed E-state index contributed by atoms with van der Waals surface area (Å²) in [6.07, 6.45) is 1.37. The van der Waals surface area contributed by atoms with Gasteiger partial charge < -0.3 is 20.3 Å². The van der Waals surface area contributed by atoms with E-state index in [0.29, 0.717) is 13.2 Å². The maximum absolute atomic E-state index is 9.56. The first kappa shape index (κ1) is 14.8. The van der Waals surface area contributed by atoms with Gasteiger partial charge in [0, 0.05) is 19.2 Å². The Bertz CT molecular complexity index is 142. The summed E-state index contributed by atoms with van der Waals surface area (Å²) in [4.78, 5) is 0. The lowest BCUT2D eigenvalue weighted by Crippen LogP contribution is -2.38. The van der Waals surface area contributed by atoms with Gasteiger partial charge in [0.15, 0.2) is 0 Å². The third kappa shape index (κ3) is 8.81. The lowest BCUT2D eigenvalue weighted by atomic mass is 10.1. The van der Waals surface area contributed by atoms with Crippen molar-refractivity contribution in [3.8, 4) is 0 Å². The Morgan fingerprint density at radius 3 is 2.47 bits per heavy atom. The number of ether oxygens (including phenoxy) is 1. The van der Waals surface area contributed by atoms with Crippen molar-refractivity contribution < 1.29 is 14.9 Å². The second-order valence-corrected chi connectivity index (χ2v) is 4.06. The summed E-state index contributed by atoms with van der Waals surface area (Å²) in [5, 5.41) is 21.5. The Morgan fingerprint density at radius 2 is 2.00 bits per heavy atom. The third-order valence-corrected chi connectivity index (χ3v) is 2.23. The summed E-state index contributed by atoms with van der Waals surface area (Å²) >= 11 is 0. The van der Waals surface area contributed by atoms with Crippen LogP contribution in [-0.2, 0) is 4.74 Å². The van der Waals surface area contributed by atoms with Crippen LogP contribution in [0.5, 0.6) is 0 Å². The van der Waals surface area contributed by atoms with Gasteiger partial charge in [-0.05, 0) is 26.7 Å². The number of nitrogens with one attached hydrogen (secondary N) is 1. The minimum absolute atomic E-state index is 0.152. The highest BCUT2D eigenvalue weighted by Crippen LogP contribution is 1.97. The van der Waals surface area contributed by atoms with Crippen LogP contribution >= 0.6 is 0 Å². The van der Waals surface area contributed by atoms with Crippen molar-refractivity contribution in [2.24, 2.45) is 0 Å². The highest BCUT2D eigenvalue weighted by molar-refractivity contribution is 4.67. The van der Waals surface area contributed by atoms with Gasteiger partial charge in [-0.25, -0.2) is 0 Å². The van der Waals surface area contributed by atoms with E-state index in [2.05, 4.69) is 12.2 Å². The molecule has 0 fully saturated rings. The first-order valence-corrected chi connectivity index (χ1v) is 5.74. The average molecular weight is 219 g/mol. The molecule has 15 heavy (non-hydrogen) atoms. The van der Waals surface area contributed by atoms with E-state index in [1.54, 1.807) is 0 Å². The molecule has 3 N–H and O–H groups in total. The number of rotatable bonds is 9. The predicted octanol–water partition coefficient (Wildman–Crippen LogP) is 0.523. The zero-order valence-corrected chi connectivity index (χ0v) is 10.1. The Balaban J connectivity index is 3.54. The van der Waals surface area contributed by atoms with Crippen LogP contribution in [0.4, 0.5) is 0 Å². The average Bonchev–Trinajstić information content (AvgIpc) is 2.21. The maximum atomic E-state index is 9.56. The minimum atomic E-state index is -0.472. The number of hydrogen-bond donors (Lipinski definition) is 3. The molecule has 2 atom stereocenters. The SMILES string of the molecule is CCC(CCO)NCC(O)COC(C)C. The van der Waals surface area contributed by atoms with Crippen molar-refractivity contribution in [2.75, 3.05) is 19.8 Å². The van der Waals surface area contributed by atoms with Crippen molar-refractivity contribution in [3.05, 3.63) is 0 Å². The molecule has 4 heteroatoms. The van der Waals surface area contributed by atoms with E-state index >= 15 is 0 Å². The predicted molar refractivity (Wildman–Crippen MR) is 60.9 cm³/mol. The molecule has 0 heterocycles. The van der Waals surface area contributed by atoms with Crippen LogP contribution in [0.25, 0.3) is 0 Å². The molecule has 0 radical (unpaired) electrons. The molecule has 0 amide bonds. The van der Waals surface area contributed by atoms with Crippen LogP contribution in [-0.4, -0.2) is 48.2 Å². The normalized spacial score (nSPS) is 15.6. The standard InChI is InChI=1S/C11H25NO3/c1-4-10(5-6-13)12-7-11(14)8-15-9(2)3/h9-14H,4-8H2,1-3H3. The van der Waals surface area contributed by atoms with Crippen molar-refractivity contribution in [1.29, 1.82) is 0 Å². The molecule has 0 aliphatic rings. The fourth-order valence-corrected chi connectivity index (χ4v) is 1.27. The second-order valence-electron chi connectivity index (χ2n) is 4.06. The van der Waals surface area contributed by atoms with Gasteiger partial charge >= 0.3 is 0 Å². The summed E-state index contributed by atoms with van der Waals surface area (Å²) in [5.74, 6) is 0. The Hall–Kier alpha value is -0.160. The molecule has 0 saturated heterocycles. The van der Waals surface area contributed by atoms with Crippen molar-refractivity contribution in [1.82, 2.24) is 5.32 Å². The van der Waals surface area contributed by atoms with Gasteiger partial charge in [0.2, 0.25) is 0 Å². The fraction of sp³-hybridized carbons (Fsp3) is 1.00. The second kappa shape index (κ2) is 9.09. The van der Waals surface area contributed by atoms with Crippen LogP contribution in [0.15, 0.2) is 0 Å². The van der Waals surface area contributed by atoms with Crippen LogP contribution in [0.1, 0.15) is 33.6 Å². The topological polar surface area (TPSA) is 61.7 Å². The summed E-state index contributed by atoms with van der Waals surface area (Å²) in [6, 6.07) is 0.281. The highest BCUT2D eigenvalue weighted by atomic mass is 16.5. The minimum Gasteiger partial charge on any atom is -0.396 e. The summed E-state index contributed by atoms with van der Waals surface area (Å²) < 4.78 is 5.29. The molecule has 0 saturated carbocycles. The lowest BCUT2D eigenvalue weighted by Gasteiger charge is -2.19. The molecule has 0 aromatic rings. The molecule has 0 aromatic carbocycles. The quantitative estimate of drug-likeness (QED) is 0.529. The Morgan fingerprint density at radius 1 is 1.33 bits per heavy atom. The van der Waals surface area contributed by atoms with Crippen molar-refractivity contribution >= 4 is 0 Å². The summed E-state index contributed by atoms with van der Waals surface area (Å²) in [5.41, 5.74) is 0. The third-order valence-electron chi connectivity index (χ3n) is 2.23. The molecule has 0 spiro atoms. The molecule has 0 aliphatic carbocycles. The van der Waals surface area contributed by atoms with Crippen LogP contribution in [0.2, 0.25) is 0 Å². The van der Waals surface area contributed by atoms with Crippen molar-refractivity contribution in [2.45, 2.75) is 51.9 Å². The zero-order chi connectivity index (χ0) is 11.7. The molecular formula is C11H25NO3. The largest absolute Gasteiger partial charge is 0.396 e. The first-order chi connectivity index (χ1) is 7.10. The Kier molecular flexibility index (Phi) is 9.00. The van der Waals surface area contributed by atoms with Crippen molar-refractivity contribution in [3.63, 3.8) is 0 Å². The Labute approximate surface area is 92.6 Å². The maximum Gasteiger partial charge on any atom is 0.0897 e. The zero-order valence-electron chi connectivity index (χ0n) is 10.1. The molecule has 0 bridgehead atoms. The number of aliphatic hydroxyl groups is 2. The molecule has 0 aliphatic heterocycles.